The van der Waals surface area contributed by atoms with Gasteiger partial charge in [-0.3, -0.25) is 9.48 Å². The Morgan fingerprint density at radius 3 is 2.68 bits per heavy atom. The Balaban J connectivity index is 2.10. The summed E-state index contributed by atoms with van der Waals surface area (Å²) in [6.07, 6.45) is 3.58. The van der Waals surface area contributed by atoms with E-state index in [0.29, 0.717) is 15.6 Å². The zero-order chi connectivity index (χ0) is 14.0. The average molecular weight is 298 g/mol. The summed E-state index contributed by atoms with van der Waals surface area (Å²) in [5, 5.41) is 7.74. The van der Waals surface area contributed by atoms with Gasteiger partial charge in [0.2, 0.25) is 0 Å². The van der Waals surface area contributed by atoms with Crippen molar-refractivity contribution < 1.29 is 4.79 Å². The van der Waals surface area contributed by atoms with Gasteiger partial charge in [0, 0.05) is 24.4 Å². The van der Waals surface area contributed by atoms with Gasteiger partial charge in [0.25, 0.3) is 5.91 Å². The smallest absolute Gasteiger partial charge is 0.251 e. The highest BCUT2D eigenvalue weighted by atomic mass is 35.5. The summed E-state index contributed by atoms with van der Waals surface area (Å²) in [7, 11) is 1.83. The van der Waals surface area contributed by atoms with Crippen LogP contribution in [0.4, 0.5) is 0 Å². The maximum atomic E-state index is 12.1. The number of benzene rings is 1. The molecule has 1 atom stereocenters. The standard InChI is InChI=1S/C13H13Cl2N3O/c1-8(10-6-16-18(2)7-10)17-13(19)9-3-4-11(14)12(15)5-9/h3-8H,1-2H3,(H,17,19)/t8-/m0/s1. The van der Waals surface area contributed by atoms with Crippen molar-refractivity contribution in [3.05, 3.63) is 51.8 Å². The third kappa shape index (κ3) is 3.28. The molecule has 0 unspecified atom stereocenters. The molecule has 19 heavy (non-hydrogen) atoms. The number of rotatable bonds is 3. The van der Waals surface area contributed by atoms with Crippen molar-refractivity contribution in [2.24, 2.45) is 7.05 Å². The second-order valence-electron chi connectivity index (χ2n) is 4.27. The van der Waals surface area contributed by atoms with Crippen molar-refractivity contribution in [1.29, 1.82) is 0 Å². The first-order chi connectivity index (χ1) is 8.97. The van der Waals surface area contributed by atoms with Gasteiger partial charge in [0.05, 0.1) is 22.3 Å². The first-order valence-electron chi connectivity index (χ1n) is 5.72. The summed E-state index contributed by atoms with van der Waals surface area (Å²) in [6, 6.07) is 4.66. The molecule has 0 aliphatic rings. The highest BCUT2D eigenvalue weighted by molar-refractivity contribution is 6.42. The third-order valence-electron chi connectivity index (χ3n) is 2.75. The number of nitrogens with zero attached hydrogens (tertiary/aromatic N) is 2. The van der Waals surface area contributed by atoms with Crippen LogP contribution in [0.1, 0.15) is 28.9 Å². The summed E-state index contributed by atoms with van der Waals surface area (Å²) in [5.41, 5.74) is 1.42. The molecule has 2 rings (SSSR count). The van der Waals surface area contributed by atoms with Gasteiger partial charge in [-0.25, -0.2) is 0 Å². The molecule has 1 amide bonds. The van der Waals surface area contributed by atoms with Crippen LogP contribution < -0.4 is 5.32 Å². The van der Waals surface area contributed by atoms with Gasteiger partial charge in [0.1, 0.15) is 0 Å². The van der Waals surface area contributed by atoms with E-state index < -0.39 is 0 Å². The third-order valence-corrected chi connectivity index (χ3v) is 3.49. The monoisotopic (exact) mass is 297 g/mol. The summed E-state index contributed by atoms with van der Waals surface area (Å²) in [4.78, 5) is 12.1. The van der Waals surface area contributed by atoms with E-state index in [2.05, 4.69) is 10.4 Å². The van der Waals surface area contributed by atoms with Crippen LogP contribution in [0.5, 0.6) is 0 Å². The molecule has 0 radical (unpaired) electrons. The van der Waals surface area contributed by atoms with E-state index in [0.717, 1.165) is 5.56 Å². The fourth-order valence-corrected chi connectivity index (χ4v) is 1.96. The molecule has 2 aromatic rings. The molecular weight excluding hydrogens is 285 g/mol. The van der Waals surface area contributed by atoms with Crippen LogP contribution in [0.2, 0.25) is 10.0 Å². The van der Waals surface area contributed by atoms with Gasteiger partial charge in [-0.05, 0) is 25.1 Å². The van der Waals surface area contributed by atoms with E-state index in [-0.39, 0.29) is 11.9 Å². The molecule has 1 aromatic carbocycles. The lowest BCUT2D eigenvalue weighted by Gasteiger charge is -2.12. The van der Waals surface area contributed by atoms with Crippen molar-refractivity contribution >= 4 is 29.1 Å². The van der Waals surface area contributed by atoms with E-state index in [4.69, 9.17) is 23.2 Å². The number of halogens is 2. The van der Waals surface area contributed by atoms with E-state index in [1.54, 1.807) is 29.1 Å². The number of carbonyl (C=O) groups is 1. The lowest BCUT2D eigenvalue weighted by molar-refractivity contribution is 0.0940. The molecule has 1 N–H and O–H groups in total. The predicted molar refractivity (Wildman–Crippen MR) is 75.6 cm³/mol. The van der Waals surface area contributed by atoms with E-state index >= 15 is 0 Å². The van der Waals surface area contributed by atoms with Crippen molar-refractivity contribution in [1.82, 2.24) is 15.1 Å². The minimum atomic E-state index is -0.199. The Bertz CT molecular complexity index is 610. The lowest BCUT2D eigenvalue weighted by Crippen LogP contribution is -2.26. The first-order valence-corrected chi connectivity index (χ1v) is 6.47. The minimum Gasteiger partial charge on any atom is -0.345 e. The van der Waals surface area contributed by atoms with Crippen molar-refractivity contribution in [3.63, 3.8) is 0 Å². The van der Waals surface area contributed by atoms with E-state index in [9.17, 15) is 4.79 Å². The molecule has 100 valence electrons. The Kier molecular flexibility index (Phi) is 4.12. The minimum absolute atomic E-state index is 0.129. The molecule has 4 nitrogen and oxygen atoms in total. The quantitative estimate of drug-likeness (QED) is 0.945. The summed E-state index contributed by atoms with van der Waals surface area (Å²) >= 11 is 11.7. The number of nitrogens with one attached hydrogen (secondary N) is 1. The normalized spacial score (nSPS) is 12.2. The lowest BCUT2D eigenvalue weighted by atomic mass is 10.1. The number of hydrogen-bond donors (Lipinski definition) is 1. The number of aryl methyl sites for hydroxylation is 1. The average Bonchev–Trinajstić information content (AvgIpc) is 2.79. The van der Waals surface area contributed by atoms with Gasteiger partial charge in [-0.15, -0.1) is 0 Å². The molecule has 0 aliphatic heterocycles. The molecular formula is C13H13Cl2N3O. The van der Waals surface area contributed by atoms with Crippen LogP contribution in [0, 0.1) is 0 Å². The van der Waals surface area contributed by atoms with Crippen LogP contribution in [0.15, 0.2) is 30.6 Å². The molecule has 0 saturated heterocycles. The molecule has 0 saturated carbocycles. The van der Waals surface area contributed by atoms with Gasteiger partial charge >= 0.3 is 0 Å². The Morgan fingerprint density at radius 1 is 1.37 bits per heavy atom. The Labute approximate surface area is 121 Å². The summed E-state index contributed by atoms with van der Waals surface area (Å²) in [6.45, 7) is 1.90. The Hall–Kier alpha value is -1.52. The van der Waals surface area contributed by atoms with Gasteiger partial charge in [-0.2, -0.15) is 5.10 Å². The maximum absolute atomic E-state index is 12.1. The number of amides is 1. The zero-order valence-corrected chi connectivity index (χ0v) is 12.0. The van der Waals surface area contributed by atoms with Gasteiger partial charge in [-0.1, -0.05) is 23.2 Å². The molecule has 1 heterocycles. The Morgan fingerprint density at radius 2 is 2.11 bits per heavy atom. The topological polar surface area (TPSA) is 46.9 Å². The molecule has 0 fully saturated rings. The zero-order valence-electron chi connectivity index (χ0n) is 10.5. The fraction of sp³-hybridized carbons (Fsp3) is 0.231. The van der Waals surface area contributed by atoms with Gasteiger partial charge < -0.3 is 5.32 Å². The molecule has 6 heteroatoms. The highest BCUT2D eigenvalue weighted by Gasteiger charge is 2.13. The van der Waals surface area contributed by atoms with E-state index in [1.807, 2.05) is 20.2 Å². The van der Waals surface area contributed by atoms with Crippen LogP contribution in [0.25, 0.3) is 0 Å². The van der Waals surface area contributed by atoms with Crippen LogP contribution in [-0.2, 0) is 7.05 Å². The second kappa shape index (κ2) is 5.63. The van der Waals surface area contributed by atoms with Crippen molar-refractivity contribution in [2.75, 3.05) is 0 Å². The highest BCUT2D eigenvalue weighted by Crippen LogP contribution is 2.23. The number of carbonyl (C=O) groups excluding carboxylic acids is 1. The van der Waals surface area contributed by atoms with Crippen LogP contribution in [0.3, 0.4) is 0 Å². The molecule has 1 aromatic heterocycles. The van der Waals surface area contributed by atoms with Gasteiger partial charge in [0.15, 0.2) is 0 Å². The fourth-order valence-electron chi connectivity index (χ4n) is 1.66. The molecule has 0 spiro atoms. The van der Waals surface area contributed by atoms with Crippen LogP contribution in [-0.4, -0.2) is 15.7 Å². The van der Waals surface area contributed by atoms with E-state index in [1.165, 1.54) is 0 Å². The summed E-state index contributed by atoms with van der Waals surface area (Å²) in [5.74, 6) is -0.199. The molecule has 0 aliphatic carbocycles. The second-order valence-corrected chi connectivity index (χ2v) is 5.09. The van der Waals surface area contributed by atoms with Crippen LogP contribution >= 0.6 is 23.2 Å². The van der Waals surface area contributed by atoms with Crippen molar-refractivity contribution in [2.45, 2.75) is 13.0 Å². The number of aromatic nitrogens is 2. The SMILES string of the molecule is C[C@H](NC(=O)c1ccc(Cl)c(Cl)c1)c1cnn(C)c1. The maximum Gasteiger partial charge on any atom is 0.251 e. The largest absolute Gasteiger partial charge is 0.345 e. The molecule has 0 bridgehead atoms. The first kappa shape index (κ1) is 13.9. The predicted octanol–water partition coefficient (Wildman–Crippen LogP) is 3.22. The van der Waals surface area contributed by atoms with Crippen molar-refractivity contribution in [3.8, 4) is 0 Å². The summed E-state index contributed by atoms with van der Waals surface area (Å²) < 4.78 is 1.69. The number of hydrogen-bond acceptors (Lipinski definition) is 2.